The van der Waals surface area contributed by atoms with Gasteiger partial charge in [-0.2, -0.15) is 5.26 Å². The summed E-state index contributed by atoms with van der Waals surface area (Å²) in [5.41, 5.74) is 1.27. The molecule has 4 heteroatoms. The topological polar surface area (TPSA) is 66.0 Å². The van der Waals surface area contributed by atoms with Crippen molar-refractivity contribution in [2.24, 2.45) is 0 Å². The monoisotopic (exact) mass is 242 g/mol. The Morgan fingerprint density at radius 3 is 2.89 bits per heavy atom. The number of nitriles is 1. The number of hydrogen-bond donors (Lipinski definition) is 1. The molecule has 1 heterocycles. The predicted molar refractivity (Wildman–Crippen MR) is 68.4 cm³/mol. The highest BCUT2D eigenvalue weighted by Crippen LogP contribution is 2.20. The van der Waals surface area contributed by atoms with Crippen molar-refractivity contribution in [3.63, 3.8) is 0 Å². The SMILES string of the molecule is N#CCCCCn1ccc2c(C(=O)O)cccc21. The van der Waals surface area contributed by atoms with Gasteiger partial charge in [0.1, 0.15) is 0 Å². The first kappa shape index (κ1) is 12.2. The largest absolute Gasteiger partial charge is 0.478 e. The summed E-state index contributed by atoms with van der Waals surface area (Å²) >= 11 is 0. The number of aromatic carboxylic acids is 1. The van der Waals surface area contributed by atoms with Crippen molar-refractivity contribution in [2.45, 2.75) is 25.8 Å². The highest BCUT2D eigenvalue weighted by Gasteiger charge is 2.10. The first-order chi connectivity index (χ1) is 8.74. The van der Waals surface area contributed by atoms with Gasteiger partial charge in [0.05, 0.1) is 11.6 Å². The first-order valence-electron chi connectivity index (χ1n) is 5.92. The maximum atomic E-state index is 11.1. The number of nitrogens with zero attached hydrogens (tertiary/aromatic N) is 2. The average Bonchev–Trinajstić information content (AvgIpc) is 2.77. The fraction of sp³-hybridized carbons (Fsp3) is 0.286. The Morgan fingerprint density at radius 2 is 2.17 bits per heavy atom. The molecule has 0 fully saturated rings. The minimum absolute atomic E-state index is 0.336. The fourth-order valence-electron chi connectivity index (χ4n) is 2.09. The molecule has 0 amide bonds. The van der Waals surface area contributed by atoms with Crippen molar-refractivity contribution < 1.29 is 9.90 Å². The second-order valence-electron chi connectivity index (χ2n) is 4.17. The predicted octanol–water partition coefficient (Wildman–Crippen LogP) is 3.03. The number of carboxylic acid groups (broad SMARTS) is 1. The van der Waals surface area contributed by atoms with Crippen molar-refractivity contribution in [2.75, 3.05) is 0 Å². The molecule has 0 spiro atoms. The van der Waals surface area contributed by atoms with Crippen molar-refractivity contribution >= 4 is 16.9 Å². The molecule has 0 radical (unpaired) electrons. The van der Waals surface area contributed by atoms with E-state index in [-0.39, 0.29) is 0 Å². The van der Waals surface area contributed by atoms with Crippen LogP contribution in [0.15, 0.2) is 30.5 Å². The molecule has 0 bridgehead atoms. The smallest absolute Gasteiger partial charge is 0.336 e. The van der Waals surface area contributed by atoms with Crippen LogP contribution < -0.4 is 0 Å². The summed E-state index contributed by atoms with van der Waals surface area (Å²) in [4.78, 5) is 11.1. The van der Waals surface area contributed by atoms with Gasteiger partial charge in [0, 0.05) is 30.1 Å². The Kier molecular flexibility index (Phi) is 3.63. The molecule has 1 aromatic heterocycles. The summed E-state index contributed by atoms with van der Waals surface area (Å²) in [5, 5.41) is 18.3. The number of unbranched alkanes of at least 4 members (excludes halogenated alkanes) is 2. The second kappa shape index (κ2) is 5.37. The Hall–Kier alpha value is -2.28. The normalized spacial score (nSPS) is 10.4. The Labute approximate surface area is 105 Å². The van der Waals surface area contributed by atoms with Gasteiger partial charge in [-0.1, -0.05) is 6.07 Å². The van der Waals surface area contributed by atoms with Gasteiger partial charge in [-0.05, 0) is 31.0 Å². The van der Waals surface area contributed by atoms with Crippen LogP contribution in [0.1, 0.15) is 29.6 Å². The van der Waals surface area contributed by atoms with Crippen molar-refractivity contribution in [1.82, 2.24) is 4.57 Å². The number of aryl methyl sites for hydroxylation is 1. The molecule has 0 aliphatic rings. The van der Waals surface area contributed by atoms with Crippen LogP contribution >= 0.6 is 0 Å². The van der Waals surface area contributed by atoms with E-state index in [1.165, 1.54) is 0 Å². The number of aromatic nitrogens is 1. The molecule has 0 unspecified atom stereocenters. The maximum Gasteiger partial charge on any atom is 0.336 e. The van der Waals surface area contributed by atoms with Gasteiger partial charge in [0.15, 0.2) is 0 Å². The van der Waals surface area contributed by atoms with Gasteiger partial charge in [-0.15, -0.1) is 0 Å². The van der Waals surface area contributed by atoms with Crippen LogP contribution in [-0.4, -0.2) is 15.6 Å². The molecule has 2 aromatic rings. The Bertz CT molecular complexity index is 608. The Balaban J connectivity index is 2.23. The third-order valence-electron chi connectivity index (χ3n) is 2.98. The molecule has 0 aliphatic heterocycles. The molecule has 2 rings (SSSR count). The fourth-order valence-corrected chi connectivity index (χ4v) is 2.09. The zero-order valence-corrected chi connectivity index (χ0v) is 9.97. The summed E-state index contributed by atoms with van der Waals surface area (Å²) in [7, 11) is 0. The van der Waals surface area contributed by atoms with Crippen molar-refractivity contribution in [1.29, 1.82) is 5.26 Å². The van der Waals surface area contributed by atoms with Crippen LogP contribution in [0.25, 0.3) is 10.9 Å². The molecule has 4 nitrogen and oxygen atoms in total. The van der Waals surface area contributed by atoms with E-state index in [1.807, 2.05) is 22.9 Å². The summed E-state index contributed by atoms with van der Waals surface area (Å²) < 4.78 is 2.04. The van der Waals surface area contributed by atoms with Gasteiger partial charge in [-0.25, -0.2) is 4.79 Å². The van der Waals surface area contributed by atoms with Gasteiger partial charge < -0.3 is 9.67 Å². The van der Waals surface area contributed by atoms with Gasteiger partial charge in [-0.3, -0.25) is 0 Å². The first-order valence-corrected chi connectivity index (χ1v) is 5.92. The third-order valence-corrected chi connectivity index (χ3v) is 2.98. The summed E-state index contributed by atoms with van der Waals surface area (Å²) in [6.07, 6.45) is 4.27. The number of rotatable bonds is 5. The van der Waals surface area contributed by atoms with Crippen molar-refractivity contribution in [3.8, 4) is 6.07 Å². The minimum atomic E-state index is -0.900. The van der Waals surface area contributed by atoms with Crippen LogP contribution in [0.3, 0.4) is 0 Å². The van der Waals surface area contributed by atoms with Crippen LogP contribution in [0.2, 0.25) is 0 Å². The van der Waals surface area contributed by atoms with E-state index in [2.05, 4.69) is 6.07 Å². The van der Waals surface area contributed by atoms with Crippen LogP contribution in [0.5, 0.6) is 0 Å². The zero-order valence-electron chi connectivity index (χ0n) is 9.97. The lowest BCUT2D eigenvalue weighted by Crippen LogP contribution is -1.99. The molecular weight excluding hydrogens is 228 g/mol. The highest BCUT2D eigenvalue weighted by atomic mass is 16.4. The van der Waals surface area contributed by atoms with Crippen LogP contribution in [-0.2, 0) is 6.54 Å². The lowest BCUT2D eigenvalue weighted by Gasteiger charge is -2.05. The van der Waals surface area contributed by atoms with Gasteiger partial charge in [0.25, 0.3) is 0 Å². The van der Waals surface area contributed by atoms with Crippen LogP contribution in [0.4, 0.5) is 0 Å². The molecule has 0 saturated carbocycles. The van der Waals surface area contributed by atoms with E-state index >= 15 is 0 Å². The molecule has 0 aliphatic carbocycles. The van der Waals surface area contributed by atoms with E-state index in [9.17, 15) is 4.79 Å². The maximum absolute atomic E-state index is 11.1. The standard InChI is InChI=1S/C14H14N2O2/c15-8-2-1-3-9-16-10-7-11-12(14(17)18)5-4-6-13(11)16/h4-7,10H,1-3,9H2,(H,17,18). The molecular formula is C14H14N2O2. The van der Waals surface area contributed by atoms with Gasteiger partial charge in [0.2, 0.25) is 0 Å². The van der Waals surface area contributed by atoms with E-state index in [0.29, 0.717) is 12.0 Å². The number of benzene rings is 1. The average molecular weight is 242 g/mol. The lowest BCUT2D eigenvalue weighted by molar-refractivity contribution is 0.0699. The molecule has 0 atom stereocenters. The Morgan fingerprint density at radius 1 is 1.33 bits per heavy atom. The van der Waals surface area contributed by atoms with E-state index < -0.39 is 5.97 Å². The third kappa shape index (κ3) is 2.35. The molecule has 1 aromatic carbocycles. The molecule has 18 heavy (non-hydrogen) atoms. The lowest BCUT2D eigenvalue weighted by atomic mass is 10.1. The van der Waals surface area contributed by atoms with E-state index in [0.717, 1.165) is 30.3 Å². The van der Waals surface area contributed by atoms with Crippen molar-refractivity contribution in [3.05, 3.63) is 36.0 Å². The minimum Gasteiger partial charge on any atom is -0.478 e. The molecule has 1 N–H and O–H groups in total. The molecule has 92 valence electrons. The van der Waals surface area contributed by atoms with E-state index in [4.69, 9.17) is 10.4 Å². The number of fused-ring (bicyclic) bond motifs is 1. The zero-order chi connectivity index (χ0) is 13.0. The second-order valence-corrected chi connectivity index (χ2v) is 4.17. The summed E-state index contributed by atoms with van der Waals surface area (Å²) in [5.74, 6) is -0.900. The summed E-state index contributed by atoms with van der Waals surface area (Å²) in [6, 6.07) is 9.26. The number of carbonyl (C=O) groups is 1. The van der Waals surface area contributed by atoms with E-state index in [1.54, 1.807) is 12.1 Å². The highest BCUT2D eigenvalue weighted by molar-refractivity contribution is 6.02. The van der Waals surface area contributed by atoms with Crippen LogP contribution in [0, 0.1) is 11.3 Å². The number of carboxylic acids is 1. The number of hydrogen-bond acceptors (Lipinski definition) is 2. The quantitative estimate of drug-likeness (QED) is 0.819. The summed E-state index contributed by atoms with van der Waals surface area (Å²) in [6.45, 7) is 0.814. The van der Waals surface area contributed by atoms with Gasteiger partial charge >= 0.3 is 5.97 Å². The molecule has 0 saturated heterocycles.